The molecule has 0 bridgehead atoms. The Bertz CT molecular complexity index is 53.2. The summed E-state index contributed by atoms with van der Waals surface area (Å²) in [5.74, 6) is 0. The minimum Gasteiger partial charge on any atom is -0.518 e. The second-order valence-corrected chi connectivity index (χ2v) is 2.09. The summed E-state index contributed by atoms with van der Waals surface area (Å²) >= 11 is 0. The standard InChI is InChI=1S/C8H15.2Na/c1-3-5-7-8-6-4-2;;/h1,3H,4-8H2,2H3;;/q-1;;+1. The minimum absolute atomic E-state index is 0. The quantitative estimate of drug-likeness (QED) is 0.288. The second kappa shape index (κ2) is 17.0. The topological polar surface area (TPSA) is 0 Å². The molecule has 10 heavy (non-hydrogen) atoms. The van der Waals surface area contributed by atoms with Gasteiger partial charge in [-0.2, -0.15) is 0 Å². The fourth-order valence-electron chi connectivity index (χ4n) is 0.689. The van der Waals surface area contributed by atoms with E-state index in [9.17, 15) is 0 Å². The molecule has 0 aromatic rings. The third kappa shape index (κ3) is 16.4. The van der Waals surface area contributed by atoms with Crippen molar-refractivity contribution in [3.05, 3.63) is 12.7 Å². The van der Waals surface area contributed by atoms with E-state index < -0.39 is 0 Å². The van der Waals surface area contributed by atoms with Crippen molar-refractivity contribution in [3.63, 3.8) is 0 Å². The maximum absolute atomic E-state index is 5.19. The molecule has 0 saturated carbocycles. The van der Waals surface area contributed by atoms with Crippen LogP contribution < -0.4 is 29.6 Å². The number of unbranched alkanes of at least 4 members (excludes halogenated alkanes) is 4. The van der Waals surface area contributed by atoms with Gasteiger partial charge in [0.05, 0.1) is 0 Å². The van der Waals surface area contributed by atoms with Crippen LogP contribution in [0, 0.1) is 6.58 Å². The summed E-state index contributed by atoms with van der Waals surface area (Å²) in [7, 11) is 0. The van der Waals surface area contributed by atoms with E-state index >= 15 is 0 Å². The van der Waals surface area contributed by atoms with E-state index in [1.807, 2.05) is 0 Å². The molecule has 0 nitrogen and oxygen atoms in total. The molecular formula is C8H15Na2. The molecule has 0 aliphatic carbocycles. The van der Waals surface area contributed by atoms with Crippen LogP contribution in [0.1, 0.15) is 39.0 Å². The first-order valence-corrected chi connectivity index (χ1v) is 3.45. The SMILES string of the molecule is [CH-]=CCCCCCC.[Na+].[Na]. The van der Waals surface area contributed by atoms with E-state index in [0.717, 1.165) is 6.42 Å². The number of hydrogen-bond donors (Lipinski definition) is 0. The molecule has 0 unspecified atom stereocenters. The molecule has 0 saturated heterocycles. The molecule has 0 aliphatic heterocycles. The van der Waals surface area contributed by atoms with Crippen LogP contribution in [-0.2, 0) is 0 Å². The van der Waals surface area contributed by atoms with Gasteiger partial charge in [0.1, 0.15) is 0 Å². The van der Waals surface area contributed by atoms with Gasteiger partial charge >= 0.3 is 29.6 Å². The molecule has 0 atom stereocenters. The van der Waals surface area contributed by atoms with Crippen molar-refractivity contribution < 1.29 is 29.6 Å². The molecule has 0 spiro atoms. The zero-order valence-corrected chi connectivity index (χ0v) is 11.7. The van der Waals surface area contributed by atoms with Crippen LogP contribution >= 0.6 is 0 Å². The Morgan fingerprint density at radius 3 is 2.20 bits per heavy atom. The van der Waals surface area contributed by atoms with Crippen molar-refractivity contribution in [3.8, 4) is 0 Å². The van der Waals surface area contributed by atoms with Crippen LogP contribution in [0.15, 0.2) is 6.08 Å². The average molecular weight is 157 g/mol. The molecule has 49 valence electrons. The second-order valence-electron chi connectivity index (χ2n) is 2.09. The largest absolute Gasteiger partial charge is 1.00 e. The third-order valence-electron chi connectivity index (χ3n) is 1.22. The van der Waals surface area contributed by atoms with Crippen molar-refractivity contribution in [2.45, 2.75) is 39.0 Å². The van der Waals surface area contributed by atoms with E-state index in [1.54, 1.807) is 6.08 Å². The maximum atomic E-state index is 5.19. The summed E-state index contributed by atoms with van der Waals surface area (Å²) in [6, 6.07) is 0. The van der Waals surface area contributed by atoms with Gasteiger partial charge in [0, 0.05) is 29.6 Å². The molecule has 0 N–H and O–H groups in total. The van der Waals surface area contributed by atoms with Crippen LogP contribution in [0.2, 0.25) is 0 Å². The van der Waals surface area contributed by atoms with Crippen molar-refractivity contribution in [1.82, 2.24) is 0 Å². The first-order chi connectivity index (χ1) is 3.91. The molecule has 0 heterocycles. The summed E-state index contributed by atoms with van der Waals surface area (Å²) in [4.78, 5) is 0. The van der Waals surface area contributed by atoms with Gasteiger partial charge in [-0.15, -0.1) is 0 Å². The van der Waals surface area contributed by atoms with Gasteiger partial charge in [-0.05, 0) is 0 Å². The summed E-state index contributed by atoms with van der Waals surface area (Å²) in [6.07, 6.45) is 8.10. The Kier molecular flexibility index (Phi) is 30.2. The fourth-order valence-corrected chi connectivity index (χ4v) is 0.689. The maximum Gasteiger partial charge on any atom is 1.00 e. The van der Waals surface area contributed by atoms with Crippen LogP contribution in [0.3, 0.4) is 0 Å². The van der Waals surface area contributed by atoms with Gasteiger partial charge in [0.25, 0.3) is 0 Å². The summed E-state index contributed by atoms with van der Waals surface area (Å²) < 4.78 is 0. The van der Waals surface area contributed by atoms with Gasteiger partial charge in [-0.3, -0.25) is 6.08 Å². The first-order valence-electron chi connectivity index (χ1n) is 3.45. The minimum atomic E-state index is 0. The molecule has 0 fully saturated rings. The molecular weight excluding hydrogens is 142 g/mol. The Hall–Kier alpha value is 1.74. The molecule has 0 aromatic carbocycles. The van der Waals surface area contributed by atoms with Gasteiger partial charge in [0.15, 0.2) is 0 Å². The van der Waals surface area contributed by atoms with Crippen molar-refractivity contribution >= 4 is 29.6 Å². The summed E-state index contributed by atoms with van der Waals surface area (Å²) in [5, 5.41) is 0. The van der Waals surface area contributed by atoms with E-state index in [0.29, 0.717) is 0 Å². The normalized spacial score (nSPS) is 7.30. The Morgan fingerprint density at radius 1 is 1.20 bits per heavy atom. The van der Waals surface area contributed by atoms with Crippen LogP contribution in [0.4, 0.5) is 0 Å². The molecule has 1 radical (unpaired) electrons. The Labute approximate surface area is 109 Å². The molecule has 0 rings (SSSR count). The molecule has 0 aromatic heterocycles. The molecule has 0 aliphatic rings. The Balaban J connectivity index is -0.000000245. The third-order valence-corrected chi connectivity index (χ3v) is 1.22. The van der Waals surface area contributed by atoms with Gasteiger partial charge in [-0.1, -0.05) is 39.0 Å². The van der Waals surface area contributed by atoms with Crippen molar-refractivity contribution in [2.24, 2.45) is 0 Å². The average Bonchev–Trinajstić information content (AvgIpc) is 1.81. The van der Waals surface area contributed by atoms with E-state index in [1.165, 1.54) is 25.7 Å². The van der Waals surface area contributed by atoms with Gasteiger partial charge in [0.2, 0.25) is 0 Å². The van der Waals surface area contributed by atoms with E-state index in [2.05, 4.69) is 6.92 Å². The first kappa shape index (κ1) is 17.7. The number of allylic oxidation sites excluding steroid dienone is 1. The summed E-state index contributed by atoms with van der Waals surface area (Å²) in [5.41, 5.74) is 0. The van der Waals surface area contributed by atoms with Gasteiger partial charge in [-0.25, -0.2) is 0 Å². The molecule has 0 amide bonds. The number of rotatable bonds is 5. The molecule has 2 heteroatoms. The van der Waals surface area contributed by atoms with Crippen LogP contribution in [-0.4, -0.2) is 29.6 Å². The van der Waals surface area contributed by atoms with Crippen LogP contribution in [0.25, 0.3) is 0 Å². The van der Waals surface area contributed by atoms with E-state index in [-0.39, 0.29) is 59.1 Å². The van der Waals surface area contributed by atoms with Gasteiger partial charge < -0.3 is 6.58 Å². The van der Waals surface area contributed by atoms with E-state index in [4.69, 9.17) is 6.58 Å². The zero-order chi connectivity index (χ0) is 6.24. The predicted molar refractivity (Wildman–Crippen MR) is 43.4 cm³/mol. The summed E-state index contributed by atoms with van der Waals surface area (Å²) in [6.45, 7) is 7.40. The van der Waals surface area contributed by atoms with Crippen molar-refractivity contribution in [1.29, 1.82) is 0 Å². The number of hydrogen-bond acceptors (Lipinski definition) is 0. The zero-order valence-electron chi connectivity index (χ0n) is 7.69. The predicted octanol–water partition coefficient (Wildman–Crippen LogP) is -0.431. The monoisotopic (exact) mass is 157 g/mol. The van der Waals surface area contributed by atoms with Crippen LogP contribution in [0.5, 0.6) is 0 Å². The van der Waals surface area contributed by atoms with Crippen molar-refractivity contribution in [2.75, 3.05) is 0 Å². The smallest absolute Gasteiger partial charge is 0.518 e. The Morgan fingerprint density at radius 2 is 1.80 bits per heavy atom. The fraction of sp³-hybridized carbons (Fsp3) is 0.750.